The second-order valence-electron chi connectivity index (χ2n) is 4.98. The first-order valence-corrected chi connectivity index (χ1v) is 8.03. The quantitative estimate of drug-likeness (QED) is 0.645. The highest BCUT2D eigenvalue weighted by molar-refractivity contribution is 7.89. The molecule has 1 saturated heterocycles. The van der Waals surface area contributed by atoms with Gasteiger partial charge in [0, 0.05) is 31.6 Å². The lowest BCUT2D eigenvalue weighted by Crippen LogP contribution is -2.47. The fourth-order valence-corrected chi connectivity index (χ4v) is 3.71. The SMILES string of the molecule is COc1ccc(S(=O)(=O)N2CCN(C)CC2)cc1B(O)O. The molecule has 0 aliphatic carbocycles. The predicted octanol–water partition coefficient (Wildman–Crippen LogP) is -1.69. The summed E-state index contributed by atoms with van der Waals surface area (Å²) < 4.78 is 31.5. The Kier molecular flexibility index (Phi) is 4.90. The van der Waals surface area contributed by atoms with Gasteiger partial charge in [-0.25, -0.2) is 8.42 Å². The van der Waals surface area contributed by atoms with Crippen molar-refractivity contribution in [1.29, 1.82) is 0 Å². The average Bonchev–Trinajstić information content (AvgIpc) is 2.46. The number of rotatable bonds is 4. The van der Waals surface area contributed by atoms with E-state index in [1.807, 2.05) is 7.05 Å². The molecule has 1 fully saturated rings. The maximum Gasteiger partial charge on any atom is 0.492 e. The second kappa shape index (κ2) is 6.33. The summed E-state index contributed by atoms with van der Waals surface area (Å²) in [6.45, 7) is 2.18. The third-order valence-electron chi connectivity index (χ3n) is 3.58. The van der Waals surface area contributed by atoms with Gasteiger partial charge in [0.1, 0.15) is 5.75 Å². The molecule has 0 radical (unpaired) electrons. The highest BCUT2D eigenvalue weighted by atomic mass is 32.2. The van der Waals surface area contributed by atoms with Crippen LogP contribution in [-0.2, 0) is 10.0 Å². The summed E-state index contributed by atoms with van der Waals surface area (Å²) in [5.74, 6) is 0.238. The average molecular weight is 314 g/mol. The number of benzene rings is 1. The molecule has 9 heteroatoms. The summed E-state index contributed by atoms with van der Waals surface area (Å²) in [6, 6.07) is 4.09. The van der Waals surface area contributed by atoms with Gasteiger partial charge < -0.3 is 19.7 Å². The molecule has 0 spiro atoms. The van der Waals surface area contributed by atoms with Crippen molar-refractivity contribution in [2.75, 3.05) is 40.3 Å². The minimum absolute atomic E-state index is 0.0349. The number of ether oxygens (including phenoxy) is 1. The Morgan fingerprint density at radius 2 is 1.81 bits per heavy atom. The minimum Gasteiger partial charge on any atom is -0.497 e. The maximum absolute atomic E-state index is 12.6. The molecule has 2 rings (SSSR count). The van der Waals surface area contributed by atoms with Crippen molar-refractivity contribution in [2.45, 2.75) is 4.90 Å². The van der Waals surface area contributed by atoms with Gasteiger partial charge in [-0.05, 0) is 25.2 Å². The molecule has 0 bridgehead atoms. The zero-order chi connectivity index (χ0) is 15.6. The van der Waals surface area contributed by atoms with E-state index in [1.54, 1.807) is 0 Å². The summed E-state index contributed by atoms with van der Waals surface area (Å²) in [6.07, 6.45) is 0. The third-order valence-corrected chi connectivity index (χ3v) is 5.47. The molecular weight excluding hydrogens is 295 g/mol. The van der Waals surface area contributed by atoms with Crippen molar-refractivity contribution in [3.05, 3.63) is 18.2 Å². The van der Waals surface area contributed by atoms with E-state index in [4.69, 9.17) is 4.74 Å². The fraction of sp³-hybridized carbons (Fsp3) is 0.500. The molecule has 0 aromatic heterocycles. The lowest BCUT2D eigenvalue weighted by molar-refractivity contribution is 0.222. The number of hydrogen-bond acceptors (Lipinski definition) is 6. The smallest absolute Gasteiger partial charge is 0.492 e. The molecule has 1 aromatic rings. The van der Waals surface area contributed by atoms with E-state index >= 15 is 0 Å². The summed E-state index contributed by atoms with van der Waals surface area (Å²) >= 11 is 0. The maximum atomic E-state index is 12.6. The van der Waals surface area contributed by atoms with Gasteiger partial charge in [0.2, 0.25) is 10.0 Å². The van der Waals surface area contributed by atoms with Crippen molar-refractivity contribution in [1.82, 2.24) is 9.21 Å². The molecule has 7 nitrogen and oxygen atoms in total. The molecule has 1 aliphatic heterocycles. The van der Waals surface area contributed by atoms with Crippen LogP contribution in [0, 0.1) is 0 Å². The van der Waals surface area contributed by atoms with Crippen LogP contribution in [0.3, 0.4) is 0 Å². The van der Waals surface area contributed by atoms with Crippen LogP contribution in [0.2, 0.25) is 0 Å². The number of piperazine rings is 1. The van der Waals surface area contributed by atoms with Gasteiger partial charge in [0.05, 0.1) is 12.0 Å². The monoisotopic (exact) mass is 314 g/mol. The van der Waals surface area contributed by atoms with Gasteiger partial charge in [-0.2, -0.15) is 4.31 Å². The van der Waals surface area contributed by atoms with E-state index in [2.05, 4.69) is 4.90 Å². The van der Waals surface area contributed by atoms with E-state index in [-0.39, 0.29) is 16.1 Å². The molecule has 116 valence electrons. The fourth-order valence-electron chi connectivity index (χ4n) is 2.25. The van der Waals surface area contributed by atoms with Crippen molar-refractivity contribution in [3.8, 4) is 5.75 Å². The van der Waals surface area contributed by atoms with Crippen molar-refractivity contribution in [2.24, 2.45) is 0 Å². The summed E-state index contributed by atoms with van der Waals surface area (Å²) in [5, 5.41) is 18.7. The van der Waals surface area contributed by atoms with E-state index in [0.29, 0.717) is 26.2 Å². The Labute approximate surface area is 124 Å². The van der Waals surface area contributed by atoms with E-state index in [9.17, 15) is 18.5 Å². The highest BCUT2D eigenvalue weighted by Crippen LogP contribution is 2.19. The molecule has 2 N–H and O–H groups in total. The molecular formula is C12H19BN2O5S. The Balaban J connectivity index is 2.34. The lowest BCUT2D eigenvalue weighted by atomic mass is 9.79. The molecule has 0 unspecified atom stereocenters. The van der Waals surface area contributed by atoms with Gasteiger partial charge >= 0.3 is 7.12 Å². The minimum atomic E-state index is -3.64. The molecule has 0 atom stereocenters. The normalized spacial score (nSPS) is 17.7. The van der Waals surface area contributed by atoms with Crippen molar-refractivity contribution in [3.63, 3.8) is 0 Å². The van der Waals surface area contributed by atoms with Crippen LogP contribution >= 0.6 is 0 Å². The van der Waals surface area contributed by atoms with Gasteiger partial charge in [0.15, 0.2) is 0 Å². The van der Waals surface area contributed by atoms with Crippen molar-refractivity contribution < 1.29 is 23.2 Å². The number of hydrogen-bond donors (Lipinski definition) is 2. The lowest BCUT2D eigenvalue weighted by Gasteiger charge is -2.31. The second-order valence-corrected chi connectivity index (χ2v) is 6.92. The molecule has 1 aromatic carbocycles. The summed E-state index contributed by atoms with van der Waals surface area (Å²) in [5.41, 5.74) is 0.0349. The number of sulfonamides is 1. The Morgan fingerprint density at radius 1 is 1.19 bits per heavy atom. The van der Waals surface area contributed by atoms with Gasteiger partial charge in [-0.1, -0.05) is 0 Å². The number of likely N-dealkylation sites (N-methyl/N-ethyl adjacent to an activating group) is 1. The van der Waals surface area contributed by atoms with Crippen LogP contribution in [0.25, 0.3) is 0 Å². The first-order chi connectivity index (χ1) is 9.86. The van der Waals surface area contributed by atoms with Crippen LogP contribution in [-0.4, -0.2) is 75.1 Å². The predicted molar refractivity (Wildman–Crippen MR) is 79.1 cm³/mol. The number of nitrogens with zero attached hydrogens (tertiary/aromatic N) is 2. The largest absolute Gasteiger partial charge is 0.497 e. The molecule has 1 heterocycles. The molecule has 21 heavy (non-hydrogen) atoms. The van der Waals surface area contributed by atoms with E-state index < -0.39 is 17.1 Å². The summed E-state index contributed by atoms with van der Waals surface area (Å²) in [7, 11) is -2.10. The van der Waals surface area contributed by atoms with Gasteiger partial charge in [-0.15, -0.1) is 0 Å². The zero-order valence-electron chi connectivity index (χ0n) is 12.1. The van der Waals surface area contributed by atoms with Crippen LogP contribution < -0.4 is 10.2 Å². The van der Waals surface area contributed by atoms with E-state index in [1.165, 1.54) is 29.6 Å². The number of methoxy groups -OCH3 is 1. The van der Waals surface area contributed by atoms with Gasteiger partial charge in [0.25, 0.3) is 0 Å². The topological polar surface area (TPSA) is 90.3 Å². The summed E-state index contributed by atoms with van der Waals surface area (Å²) in [4.78, 5) is 2.10. The first kappa shape index (κ1) is 16.2. The Morgan fingerprint density at radius 3 is 2.33 bits per heavy atom. The highest BCUT2D eigenvalue weighted by Gasteiger charge is 2.29. The molecule has 1 aliphatic rings. The molecule has 0 amide bonds. The zero-order valence-corrected chi connectivity index (χ0v) is 12.9. The van der Waals surface area contributed by atoms with Crippen molar-refractivity contribution >= 4 is 22.6 Å². The van der Waals surface area contributed by atoms with E-state index in [0.717, 1.165) is 0 Å². The Bertz CT molecular complexity index is 600. The standard InChI is InChI=1S/C12H19BN2O5S/c1-14-5-7-15(8-6-14)21(18,19)10-3-4-12(20-2)11(9-10)13(16)17/h3-4,9,16-17H,5-8H2,1-2H3. The Hall–Kier alpha value is -1.13. The van der Waals surface area contributed by atoms with Crippen LogP contribution in [0.4, 0.5) is 0 Å². The van der Waals surface area contributed by atoms with Crippen LogP contribution in [0.1, 0.15) is 0 Å². The van der Waals surface area contributed by atoms with Crippen LogP contribution in [0.5, 0.6) is 5.75 Å². The molecule has 0 saturated carbocycles. The third kappa shape index (κ3) is 3.38. The van der Waals surface area contributed by atoms with Gasteiger partial charge in [-0.3, -0.25) is 0 Å². The first-order valence-electron chi connectivity index (χ1n) is 6.59. The van der Waals surface area contributed by atoms with Crippen LogP contribution in [0.15, 0.2) is 23.1 Å².